The fourth-order valence-electron chi connectivity index (χ4n) is 2.86. The van der Waals surface area contributed by atoms with Crippen LogP contribution in [0, 0.1) is 6.92 Å². The van der Waals surface area contributed by atoms with Gasteiger partial charge in [-0.3, -0.25) is 4.79 Å². The van der Waals surface area contributed by atoms with Crippen molar-refractivity contribution in [2.24, 2.45) is 0 Å². The van der Waals surface area contributed by atoms with Gasteiger partial charge in [-0.1, -0.05) is 17.6 Å². The predicted molar refractivity (Wildman–Crippen MR) is 83.9 cm³/mol. The van der Waals surface area contributed by atoms with E-state index in [1.807, 2.05) is 0 Å². The molecule has 1 amide bonds. The van der Waals surface area contributed by atoms with Crippen molar-refractivity contribution in [1.29, 1.82) is 0 Å². The third-order valence-corrected chi connectivity index (χ3v) is 4.14. The summed E-state index contributed by atoms with van der Waals surface area (Å²) in [6.07, 6.45) is 4.77. The molecule has 0 radical (unpaired) electrons. The van der Waals surface area contributed by atoms with Gasteiger partial charge in [0.2, 0.25) is 0 Å². The zero-order valence-corrected chi connectivity index (χ0v) is 12.9. The Hall–Kier alpha value is -2.63. The Bertz CT molecular complexity index is 764. The number of hydrogen-bond donors (Lipinski definition) is 2. The molecule has 2 aromatic rings. The highest BCUT2D eigenvalue weighted by molar-refractivity contribution is 6.04. The van der Waals surface area contributed by atoms with Crippen LogP contribution in [0.3, 0.4) is 0 Å². The van der Waals surface area contributed by atoms with Crippen molar-refractivity contribution in [1.82, 2.24) is 5.16 Å². The lowest BCUT2D eigenvalue weighted by Gasteiger charge is -2.07. The molecule has 3 rings (SSSR count). The maximum absolute atomic E-state index is 12.4. The third kappa shape index (κ3) is 3.11. The van der Waals surface area contributed by atoms with Crippen molar-refractivity contribution in [2.75, 3.05) is 5.32 Å². The van der Waals surface area contributed by atoms with E-state index >= 15 is 0 Å². The molecule has 2 N–H and O–H groups in total. The van der Waals surface area contributed by atoms with Gasteiger partial charge in [-0.2, -0.15) is 0 Å². The predicted octanol–water partition coefficient (Wildman–Crippen LogP) is 3.20. The van der Waals surface area contributed by atoms with E-state index < -0.39 is 5.97 Å². The van der Waals surface area contributed by atoms with Crippen molar-refractivity contribution in [3.63, 3.8) is 0 Å². The van der Waals surface area contributed by atoms with E-state index in [2.05, 4.69) is 10.5 Å². The van der Waals surface area contributed by atoms with Crippen LogP contribution in [-0.4, -0.2) is 22.1 Å². The summed E-state index contributed by atoms with van der Waals surface area (Å²) in [6, 6.07) is 4.80. The van der Waals surface area contributed by atoms with Crippen molar-refractivity contribution in [3.8, 4) is 0 Å². The average Bonchev–Trinajstić information content (AvgIpc) is 2.78. The van der Waals surface area contributed by atoms with Crippen LogP contribution in [-0.2, 0) is 12.8 Å². The van der Waals surface area contributed by atoms with Gasteiger partial charge >= 0.3 is 5.97 Å². The van der Waals surface area contributed by atoms with Crippen molar-refractivity contribution in [3.05, 3.63) is 46.3 Å². The second-order valence-electron chi connectivity index (χ2n) is 5.78. The summed E-state index contributed by atoms with van der Waals surface area (Å²) < 4.78 is 5.30. The van der Waals surface area contributed by atoms with Crippen molar-refractivity contribution >= 4 is 17.6 Å². The summed E-state index contributed by atoms with van der Waals surface area (Å²) in [4.78, 5) is 23.6. The number of nitrogens with one attached hydrogen (secondary N) is 1. The van der Waals surface area contributed by atoms with E-state index in [1.165, 1.54) is 6.07 Å². The lowest BCUT2D eigenvalue weighted by Crippen LogP contribution is -2.15. The molecule has 1 aromatic carbocycles. The number of anilines is 1. The Labute approximate surface area is 133 Å². The second-order valence-corrected chi connectivity index (χ2v) is 5.78. The fraction of sp³-hybridized carbons (Fsp3) is 0.353. The normalized spacial score (nSPS) is 14.0. The molecule has 1 heterocycles. The number of carbonyl (C=O) groups is 2. The molecule has 0 aliphatic heterocycles. The van der Waals surface area contributed by atoms with Crippen LogP contribution in [0.2, 0.25) is 0 Å². The molecule has 1 aliphatic rings. The van der Waals surface area contributed by atoms with Crippen molar-refractivity contribution in [2.45, 2.75) is 39.0 Å². The smallest absolute Gasteiger partial charge is 0.336 e. The lowest BCUT2D eigenvalue weighted by molar-refractivity contribution is 0.0695. The molecule has 0 bridgehead atoms. The monoisotopic (exact) mass is 314 g/mol. The highest BCUT2D eigenvalue weighted by Gasteiger charge is 2.23. The number of aryl methyl sites for hydroxylation is 2. The molecule has 6 heteroatoms. The van der Waals surface area contributed by atoms with Crippen LogP contribution in [0.5, 0.6) is 0 Å². The number of aromatic carboxylic acids is 1. The molecule has 0 atom stereocenters. The minimum Gasteiger partial charge on any atom is -0.478 e. The maximum Gasteiger partial charge on any atom is 0.336 e. The van der Waals surface area contributed by atoms with Crippen molar-refractivity contribution < 1.29 is 19.2 Å². The van der Waals surface area contributed by atoms with E-state index in [1.54, 1.807) is 19.1 Å². The van der Waals surface area contributed by atoms with Gasteiger partial charge in [-0.05, 0) is 43.9 Å². The number of carboxylic acid groups (broad SMARTS) is 1. The van der Waals surface area contributed by atoms with E-state index in [0.717, 1.165) is 43.4 Å². The molecule has 0 unspecified atom stereocenters. The number of fused-ring (bicyclic) bond motifs is 1. The minimum atomic E-state index is -1.02. The van der Waals surface area contributed by atoms with Gasteiger partial charge in [0.15, 0.2) is 5.69 Å². The average molecular weight is 314 g/mol. The molecular formula is C17H18N2O4. The summed E-state index contributed by atoms with van der Waals surface area (Å²) in [7, 11) is 0. The maximum atomic E-state index is 12.4. The molecule has 6 nitrogen and oxygen atoms in total. The summed E-state index contributed by atoms with van der Waals surface area (Å²) in [6.45, 7) is 1.71. The summed E-state index contributed by atoms with van der Waals surface area (Å²) in [5.74, 6) is -0.589. The zero-order valence-electron chi connectivity index (χ0n) is 12.9. The fourth-order valence-corrected chi connectivity index (χ4v) is 2.86. The number of rotatable bonds is 3. The Morgan fingerprint density at radius 2 is 2.00 bits per heavy atom. The van der Waals surface area contributed by atoms with E-state index in [-0.39, 0.29) is 11.5 Å². The van der Waals surface area contributed by atoms with Crippen LogP contribution in [0.4, 0.5) is 5.69 Å². The van der Waals surface area contributed by atoms with E-state index in [0.29, 0.717) is 16.9 Å². The number of amides is 1. The van der Waals surface area contributed by atoms with Crippen LogP contribution in [0.1, 0.15) is 57.0 Å². The SMILES string of the molecule is Cc1ccc(NC(=O)c2noc3c2CCCCC3)cc1C(=O)O. The quantitative estimate of drug-likeness (QED) is 0.849. The Morgan fingerprint density at radius 3 is 2.78 bits per heavy atom. The molecule has 0 saturated carbocycles. The third-order valence-electron chi connectivity index (χ3n) is 4.14. The van der Waals surface area contributed by atoms with Crippen LogP contribution in [0.15, 0.2) is 22.7 Å². The highest BCUT2D eigenvalue weighted by atomic mass is 16.5. The molecular weight excluding hydrogens is 296 g/mol. The summed E-state index contributed by atoms with van der Waals surface area (Å²) in [5, 5.41) is 15.8. The zero-order chi connectivity index (χ0) is 16.4. The first-order valence-corrected chi connectivity index (χ1v) is 7.69. The first-order valence-electron chi connectivity index (χ1n) is 7.69. The first kappa shape index (κ1) is 15.3. The van der Waals surface area contributed by atoms with E-state index in [9.17, 15) is 9.59 Å². The van der Waals surface area contributed by atoms with Gasteiger partial charge in [0.1, 0.15) is 5.76 Å². The molecule has 1 aromatic heterocycles. The Morgan fingerprint density at radius 1 is 1.22 bits per heavy atom. The molecule has 0 saturated heterocycles. The first-order chi connectivity index (χ1) is 11.1. The summed E-state index contributed by atoms with van der Waals surface area (Å²) >= 11 is 0. The van der Waals surface area contributed by atoms with Gasteiger partial charge < -0.3 is 14.9 Å². The minimum absolute atomic E-state index is 0.168. The largest absolute Gasteiger partial charge is 0.478 e. The molecule has 23 heavy (non-hydrogen) atoms. The number of carbonyl (C=O) groups excluding carboxylic acids is 1. The lowest BCUT2D eigenvalue weighted by atomic mass is 10.1. The second kappa shape index (κ2) is 6.24. The van der Waals surface area contributed by atoms with Crippen LogP contribution < -0.4 is 5.32 Å². The summed E-state index contributed by atoms with van der Waals surface area (Å²) in [5.41, 5.74) is 2.43. The molecule has 120 valence electrons. The number of hydrogen-bond acceptors (Lipinski definition) is 4. The number of aromatic nitrogens is 1. The number of benzene rings is 1. The van der Waals surface area contributed by atoms with Gasteiger partial charge in [0.25, 0.3) is 5.91 Å². The topological polar surface area (TPSA) is 92.4 Å². The Kier molecular flexibility index (Phi) is 4.14. The highest BCUT2D eigenvalue weighted by Crippen LogP contribution is 2.24. The van der Waals surface area contributed by atoms with Gasteiger partial charge in [0.05, 0.1) is 5.56 Å². The van der Waals surface area contributed by atoms with Crippen LogP contribution in [0.25, 0.3) is 0 Å². The van der Waals surface area contributed by atoms with Gasteiger partial charge in [-0.15, -0.1) is 0 Å². The molecule has 0 spiro atoms. The molecule has 1 aliphatic carbocycles. The van der Waals surface area contributed by atoms with E-state index in [4.69, 9.17) is 9.63 Å². The van der Waals surface area contributed by atoms with Gasteiger partial charge in [0, 0.05) is 17.7 Å². The Balaban J connectivity index is 1.84. The van der Waals surface area contributed by atoms with Crippen LogP contribution >= 0.6 is 0 Å². The van der Waals surface area contributed by atoms with Gasteiger partial charge in [-0.25, -0.2) is 4.79 Å². The standard InChI is InChI=1S/C17H18N2O4/c1-10-7-8-11(9-13(10)17(21)22)18-16(20)15-12-5-3-2-4-6-14(12)23-19-15/h7-9H,2-6H2,1H3,(H,18,20)(H,21,22). The number of carboxylic acids is 1. The number of nitrogens with zero attached hydrogens (tertiary/aromatic N) is 1. The molecule has 0 fully saturated rings.